The van der Waals surface area contributed by atoms with Gasteiger partial charge in [-0.15, -0.1) is 0 Å². The van der Waals surface area contributed by atoms with Gasteiger partial charge in [-0.1, -0.05) is 17.7 Å². The number of hydrogen-bond donors (Lipinski definition) is 1. The van der Waals surface area contributed by atoms with E-state index < -0.39 is 0 Å². The SMILES string of the molecule is Cc1cccc(-c2nc(C(C)N)co2)c1. The first-order valence-corrected chi connectivity index (χ1v) is 4.95. The molecule has 0 radical (unpaired) electrons. The Morgan fingerprint density at radius 2 is 2.20 bits per heavy atom. The predicted octanol–water partition coefficient (Wildman–Crippen LogP) is 2.67. The Morgan fingerprint density at radius 3 is 2.80 bits per heavy atom. The lowest BCUT2D eigenvalue weighted by atomic mass is 10.1. The van der Waals surface area contributed by atoms with Crippen LogP contribution >= 0.6 is 0 Å². The molecule has 15 heavy (non-hydrogen) atoms. The number of rotatable bonds is 2. The Morgan fingerprint density at radius 1 is 1.40 bits per heavy atom. The molecule has 3 nitrogen and oxygen atoms in total. The molecule has 0 saturated heterocycles. The number of hydrogen-bond acceptors (Lipinski definition) is 3. The van der Waals surface area contributed by atoms with Crippen molar-refractivity contribution in [2.45, 2.75) is 19.9 Å². The van der Waals surface area contributed by atoms with Crippen molar-refractivity contribution in [1.82, 2.24) is 4.98 Å². The lowest BCUT2D eigenvalue weighted by molar-refractivity contribution is 0.570. The van der Waals surface area contributed by atoms with Gasteiger partial charge in [-0.05, 0) is 26.0 Å². The van der Waals surface area contributed by atoms with Crippen LogP contribution in [0.4, 0.5) is 0 Å². The standard InChI is InChI=1S/C12H14N2O/c1-8-4-3-5-10(6-8)12-14-11(7-15-12)9(2)13/h3-7,9H,13H2,1-2H3. The van der Waals surface area contributed by atoms with E-state index in [-0.39, 0.29) is 6.04 Å². The molecule has 78 valence electrons. The van der Waals surface area contributed by atoms with Gasteiger partial charge in [0.25, 0.3) is 0 Å². The second kappa shape index (κ2) is 3.87. The van der Waals surface area contributed by atoms with E-state index in [9.17, 15) is 0 Å². The third-order valence-corrected chi connectivity index (χ3v) is 2.25. The fourth-order valence-corrected chi connectivity index (χ4v) is 1.41. The Labute approximate surface area is 88.9 Å². The lowest BCUT2D eigenvalue weighted by Gasteiger charge is -1.97. The Kier molecular flexibility index (Phi) is 2.56. The van der Waals surface area contributed by atoms with Gasteiger partial charge in [-0.3, -0.25) is 0 Å². The first-order chi connectivity index (χ1) is 7.16. The normalized spacial score (nSPS) is 12.7. The maximum absolute atomic E-state index is 5.71. The van der Waals surface area contributed by atoms with Gasteiger partial charge in [0.05, 0.1) is 5.69 Å². The Hall–Kier alpha value is -1.61. The number of oxazole rings is 1. The summed E-state index contributed by atoms with van der Waals surface area (Å²) in [6, 6.07) is 7.95. The predicted molar refractivity (Wildman–Crippen MR) is 59.3 cm³/mol. The molecular weight excluding hydrogens is 188 g/mol. The van der Waals surface area contributed by atoms with E-state index in [1.54, 1.807) is 6.26 Å². The van der Waals surface area contributed by atoms with Gasteiger partial charge < -0.3 is 10.2 Å². The van der Waals surface area contributed by atoms with Crippen LogP contribution in [0, 0.1) is 6.92 Å². The lowest BCUT2D eigenvalue weighted by Crippen LogP contribution is -2.04. The first-order valence-electron chi connectivity index (χ1n) is 4.95. The van der Waals surface area contributed by atoms with Crippen LogP contribution in [0.15, 0.2) is 34.9 Å². The molecule has 1 aromatic carbocycles. The molecule has 0 fully saturated rings. The highest BCUT2D eigenvalue weighted by atomic mass is 16.3. The minimum absolute atomic E-state index is 0.0905. The summed E-state index contributed by atoms with van der Waals surface area (Å²) < 4.78 is 5.38. The molecule has 1 heterocycles. The van der Waals surface area contributed by atoms with Gasteiger partial charge in [0.15, 0.2) is 0 Å². The molecule has 0 saturated carbocycles. The van der Waals surface area contributed by atoms with E-state index in [1.165, 1.54) is 5.56 Å². The maximum Gasteiger partial charge on any atom is 0.226 e. The maximum atomic E-state index is 5.71. The molecule has 0 aliphatic carbocycles. The Bertz CT molecular complexity index is 460. The van der Waals surface area contributed by atoms with Crippen molar-refractivity contribution in [2.75, 3.05) is 0 Å². The van der Waals surface area contributed by atoms with Gasteiger partial charge in [0, 0.05) is 11.6 Å². The van der Waals surface area contributed by atoms with E-state index in [4.69, 9.17) is 10.2 Å². The second-order valence-corrected chi connectivity index (χ2v) is 3.74. The highest BCUT2D eigenvalue weighted by molar-refractivity contribution is 5.54. The van der Waals surface area contributed by atoms with E-state index in [0.29, 0.717) is 5.89 Å². The van der Waals surface area contributed by atoms with E-state index >= 15 is 0 Å². The molecule has 1 atom stereocenters. The summed E-state index contributed by atoms with van der Waals surface area (Å²) in [5, 5.41) is 0. The molecule has 0 amide bonds. The highest BCUT2D eigenvalue weighted by Gasteiger charge is 2.08. The summed E-state index contributed by atoms with van der Waals surface area (Å²) >= 11 is 0. The summed E-state index contributed by atoms with van der Waals surface area (Å²) in [6.07, 6.45) is 1.61. The van der Waals surface area contributed by atoms with Crippen molar-refractivity contribution in [2.24, 2.45) is 5.73 Å². The largest absolute Gasteiger partial charge is 0.444 e. The fraction of sp³-hybridized carbons (Fsp3) is 0.250. The summed E-state index contributed by atoms with van der Waals surface area (Å²) in [4.78, 5) is 4.33. The number of nitrogens with two attached hydrogens (primary N) is 1. The van der Waals surface area contributed by atoms with Crippen molar-refractivity contribution in [3.05, 3.63) is 41.8 Å². The van der Waals surface area contributed by atoms with Crippen LogP contribution in [0.25, 0.3) is 11.5 Å². The van der Waals surface area contributed by atoms with Crippen LogP contribution in [0.1, 0.15) is 24.2 Å². The second-order valence-electron chi connectivity index (χ2n) is 3.74. The zero-order valence-corrected chi connectivity index (χ0v) is 8.90. The van der Waals surface area contributed by atoms with Gasteiger partial charge >= 0.3 is 0 Å². The molecule has 2 aromatic rings. The molecule has 0 spiro atoms. The zero-order valence-electron chi connectivity index (χ0n) is 8.90. The quantitative estimate of drug-likeness (QED) is 0.814. The molecule has 1 unspecified atom stereocenters. The van der Waals surface area contributed by atoms with Gasteiger partial charge in [0.2, 0.25) is 5.89 Å². The molecule has 2 N–H and O–H groups in total. The van der Waals surface area contributed by atoms with Crippen molar-refractivity contribution >= 4 is 0 Å². The van der Waals surface area contributed by atoms with Gasteiger partial charge in [-0.2, -0.15) is 0 Å². The summed E-state index contributed by atoms with van der Waals surface area (Å²) in [5.74, 6) is 0.631. The van der Waals surface area contributed by atoms with Crippen LogP contribution in [-0.4, -0.2) is 4.98 Å². The molecule has 3 heteroatoms. The molecule has 0 aliphatic heterocycles. The smallest absolute Gasteiger partial charge is 0.226 e. The van der Waals surface area contributed by atoms with E-state index in [1.807, 2.05) is 38.1 Å². The summed E-state index contributed by atoms with van der Waals surface area (Å²) in [5.41, 5.74) is 8.67. The van der Waals surface area contributed by atoms with Crippen LogP contribution in [0.2, 0.25) is 0 Å². The first kappa shape index (κ1) is 9.93. The molecule has 1 aromatic heterocycles. The number of benzene rings is 1. The van der Waals surface area contributed by atoms with Crippen LogP contribution < -0.4 is 5.73 Å². The van der Waals surface area contributed by atoms with Crippen molar-refractivity contribution < 1.29 is 4.42 Å². The van der Waals surface area contributed by atoms with Gasteiger partial charge in [-0.25, -0.2) is 4.98 Å². The van der Waals surface area contributed by atoms with Crippen LogP contribution in [-0.2, 0) is 0 Å². The van der Waals surface area contributed by atoms with Crippen LogP contribution in [0.3, 0.4) is 0 Å². The van der Waals surface area contributed by atoms with Crippen molar-refractivity contribution in [3.63, 3.8) is 0 Å². The molecule has 2 rings (SSSR count). The zero-order chi connectivity index (χ0) is 10.8. The monoisotopic (exact) mass is 202 g/mol. The number of aryl methyl sites for hydroxylation is 1. The van der Waals surface area contributed by atoms with Crippen LogP contribution in [0.5, 0.6) is 0 Å². The molecular formula is C12H14N2O. The molecule has 0 aliphatic rings. The average molecular weight is 202 g/mol. The van der Waals surface area contributed by atoms with Crippen molar-refractivity contribution in [3.8, 4) is 11.5 Å². The summed E-state index contributed by atoms with van der Waals surface area (Å²) in [6.45, 7) is 3.93. The number of nitrogens with zero attached hydrogens (tertiary/aromatic N) is 1. The minimum Gasteiger partial charge on any atom is -0.444 e. The summed E-state index contributed by atoms with van der Waals surface area (Å²) in [7, 11) is 0. The minimum atomic E-state index is -0.0905. The topological polar surface area (TPSA) is 52.0 Å². The fourth-order valence-electron chi connectivity index (χ4n) is 1.41. The third kappa shape index (κ3) is 2.07. The Balaban J connectivity index is 2.37. The third-order valence-electron chi connectivity index (χ3n) is 2.25. The van der Waals surface area contributed by atoms with Gasteiger partial charge in [0.1, 0.15) is 6.26 Å². The average Bonchev–Trinajstić information content (AvgIpc) is 2.66. The molecule has 0 bridgehead atoms. The van der Waals surface area contributed by atoms with Crippen molar-refractivity contribution in [1.29, 1.82) is 0 Å². The number of aromatic nitrogens is 1. The van der Waals surface area contributed by atoms with E-state index in [0.717, 1.165) is 11.3 Å². The van der Waals surface area contributed by atoms with E-state index in [2.05, 4.69) is 4.98 Å². The highest BCUT2D eigenvalue weighted by Crippen LogP contribution is 2.21.